The van der Waals surface area contributed by atoms with Crippen LogP contribution in [-0.2, 0) is 9.53 Å². The van der Waals surface area contributed by atoms with Crippen LogP contribution in [0.5, 0.6) is 17.2 Å². The van der Waals surface area contributed by atoms with Gasteiger partial charge in [0.15, 0.2) is 0 Å². The van der Waals surface area contributed by atoms with E-state index in [9.17, 15) is 9.59 Å². The number of amides is 2. The van der Waals surface area contributed by atoms with Gasteiger partial charge in [0.25, 0.3) is 11.8 Å². The van der Waals surface area contributed by atoms with Crippen molar-refractivity contribution in [2.24, 2.45) is 5.10 Å². The van der Waals surface area contributed by atoms with Gasteiger partial charge in [0, 0.05) is 31.2 Å². The van der Waals surface area contributed by atoms with Crippen LogP contribution in [0.3, 0.4) is 0 Å². The zero-order valence-electron chi connectivity index (χ0n) is 21.9. The molecule has 0 spiro atoms. The molecule has 3 aromatic rings. The predicted molar refractivity (Wildman–Crippen MR) is 145 cm³/mol. The zero-order chi connectivity index (χ0) is 27.1. The molecule has 0 aliphatic carbocycles. The maximum absolute atomic E-state index is 13.8. The van der Waals surface area contributed by atoms with Crippen molar-refractivity contribution in [1.82, 2.24) is 9.91 Å². The van der Waals surface area contributed by atoms with E-state index in [1.54, 1.807) is 64.0 Å². The van der Waals surface area contributed by atoms with Crippen LogP contribution in [0, 0.1) is 0 Å². The molecule has 10 heteroatoms. The van der Waals surface area contributed by atoms with Crippen molar-refractivity contribution in [3.8, 4) is 17.2 Å². The van der Waals surface area contributed by atoms with Crippen LogP contribution in [0.4, 0.5) is 0 Å². The summed E-state index contributed by atoms with van der Waals surface area (Å²) in [5.41, 5.74) is 2.03. The number of rotatable bonds is 11. The molecule has 1 unspecified atom stereocenters. The summed E-state index contributed by atoms with van der Waals surface area (Å²) in [6, 6.07) is 15.8. The molecule has 200 valence electrons. The molecule has 2 heterocycles. The van der Waals surface area contributed by atoms with Gasteiger partial charge in [0.2, 0.25) is 0 Å². The number of carbonyl (C=O) groups is 2. The molecule has 1 atom stereocenters. The number of methoxy groups -OCH3 is 4. The van der Waals surface area contributed by atoms with Gasteiger partial charge >= 0.3 is 0 Å². The van der Waals surface area contributed by atoms with E-state index in [1.807, 2.05) is 35.7 Å². The van der Waals surface area contributed by atoms with Gasteiger partial charge in [-0.2, -0.15) is 5.10 Å². The molecule has 2 aromatic carbocycles. The van der Waals surface area contributed by atoms with Crippen LogP contribution in [0.2, 0.25) is 0 Å². The fraction of sp³-hybridized carbons (Fsp3) is 0.321. The summed E-state index contributed by atoms with van der Waals surface area (Å²) in [4.78, 5) is 29.6. The van der Waals surface area contributed by atoms with E-state index < -0.39 is 6.04 Å². The van der Waals surface area contributed by atoms with Crippen molar-refractivity contribution in [3.05, 3.63) is 76.0 Å². The predicted octanol–water partition coefficient (Wildman–Crippen LogP) is 4.24. The second-order valence-corrected chi connectivity index (χ2v) is 9.49. The topological polar surface area (TPSA) is 89.9 Å². The second-order valence-electron chi connectivity index (χ2n) is 8.54. The van der Waals surface area contributed by atoms with Crippen molar-refractivity contribution >= 4 is 28.9 Å². The van der Waals surface area contributed by atoms with E-state index in [-0.39, 0.29) is 31.5 Å². The number of hydrazone groups is 1. The number of ether oxygens (including phenoxy) is 4. The van der Waals surface area contributed by atoms with Crippen molar-refractivity contribution in [2.45, 2.75) is 12.5 Å². The highest BCUT2D eigenvalue weighted by molar-refractivity contribution is 7.12. The molecule has 4 rings (SSSR count). The van der Waals surface area contributed by atoms with Gasteiger partial charge in [-0.15, -0.1) is 11.3 Å². The Labute approximate surface area is 226 Å². The molecule has 1 aliphatic rings. The fourth-order valence-corrected chi connectivity index (χ4v) is 5.00. The third-order valence-electron chi connectivity index (χ3n) is 6.28. The molecule has 1 aromatic heterocycles. The number of carbonyl (C=O) groups excluding carboxylic acids is 2. The van der Waals surface area contributed by atoms with E-state index in [2.05, 4.69) is 0 Å². The van der Waals surface area contributed by atoms with Crippen LogP contribution >= 0.6 is 11.3 Å². The summed E-state index contributed by atoms with van der Waals surface area (Å²) in [6.07, 6.45) is 0.500. The Hall–Kier alpha value is -3.89. The number of hydrogen-bond donors (Lipinski definition) is 0. The summed E-state index contributed by atoms with van der Waals surface area (Å²) >= 11 is 1.56. The number of benzene rings is 2. The van der Waals surface area contributed by atoms with Gasteiger partial charge < -0.3 is 23.8 Å². The molecular formula is C28H31N3O6S. The number of nitrogens with zero attached hydrogens (tertiary/aromatic N) is 3. The van der Waals surface area contributed by atoms with Gasteiger partial charge in [-0.3, -0.25) is 9.59 Å². The maximum Gasteiger partial charge on any atom is 0.262 e. The standard InChI is InChI=1S/C28H31N3O6S/c1-34-14-13-30(28(33)19-7-9-20(35-2)10-8-19)18-27(32)31-24(17-23(29-31)26-6-5-15-38-26)22-16-21(36-3)11-12-25(22)37-4/h5-12,15-16,24H,13-14,17-18H2,1-4H3. The minimum absolute atomic E-state index is 0.168. The second kappa shape index (κ2) is 12.6. The third-order valence-corrected chi connectivity index (χ3v) is 7.20. The molecule has 0 bridgehead atoms. The Morgan fingerprint density at radius 1 is 1.00 bits per heavy atom. The largest absolute Gasteiger partial charge is 0.497 e. The van der Waals surface area contributed by atoms with Crippen LogP contribution in [0.15, 0.2) is 65.1 Å². The summed E-state index contributed by atoms with van der Waals surface area (Å²) in [7, 11) is 6.30. The van der Waals surface area contributed by atoms with Crippen molar-refractivity contribution in [1.29, 1.82) is 0 Å². The summed E-state index contributed by atoms with van der Waals surface area (Å²) in [5, 5.41) is 8.18. The first-order valence-corrected chi connectivity index (χ1v) is 12.9. The van der Waals surface area contributed by atoms with Gasteiger partial charge in [-0.1, -0.05) is 6.07 Å². The first-order chi connectivity index (χ1) is 18.5. The molecular weight excluding hydrogens is 506 g/mol. The summed E-state index contributed by atoms with van der Waals surface area (Å²) in [5.74, 6) is 1.32. The molecule has 0 N–H and O–H groups in total. The average molecular weight is 538 g/mol. The lowest BCUT2D eigenvalue weighted by atomic mass is 9.99. The Kier molecular flexibility index (Phi) is 8.98. The quantitative estimate of drug-likeness (QED) is 0.364. The van der Waals surface area contributed by atoms with E-state index in [1.165, 1.54) is 9.91 Å². The Morgan fingerprint density at radius 3 is 2.37 bits per heavy atom. The highest BCUT2D eigenvalue weighted by Crippen LogP contribution is 2.39. The molecule has 0 radical (unpaired) electrons. The smallest absolute Gasteiger partial charge is 0.262 e. The Morgan fingerprint density at radius 2 is 1.74 bits per heavy atom. The average Bonchev–Trinajstić information content (AvgIpc) is 3.65. The third kappa shape index (κ3) is 5.98. The number of hydrogen-bond acceptors (Lipinski definition) is 8. The lowest BCUT2D eigenvalue weighted by Crippen LogP contribution is -2.42. The number of thiophene rings is 1. The lowest BCUT2D eigenvalue weighted by Gasteiger charge is -2.28. The maximum atomic E-state index is 13.8. The first kappa shape index (κ1) is 27.2. The highest BCUT2D eigenvalue weighted by atomic mass is 32.1. The van der Waals surface area contributed by atoms with E-state index in [4.69, 9.17) is 24.0 Å². The fourth-order valence-electron chi connectivity index (χ4n) is 4.28. The first-order valence-electron chi connectivity index (χ1n) is 12.1. The van der Waals surface area contributed by atoms with Crippen molar-refractivity contribution in [2.75, 3.05) is 48.1 Å². The van der Waals surface area contributed by atoms with Gasteiger partial charge in [-0.25, -0.2) is 5.01 Å². The van der Waals surface area contributed by atoms with Crippen LogP contribution in [-0.4, -0.2) is 75.6 Å². The monoisotopic (exact) mass is 537 g/mol. The zero-order valence-corrected chi connectivity index (χ0v) is 22.7. The van der Waals surface area contributed by atoms with Gasteiger partial charge in [-0.05, 0) is 53.9 Å². The van der Waals surface area contributed by atoms with E-state index in [0.29, 0.717) is 29.2 Å². The van der Waals surface area contributed by atoms with Crippen molar-refractivity contribution < 1.29 is 28.5 Å². The van der Waals surface area contributed by atoms with E-state index >= 15 is 0 Å². The lowest BCUT2D eigenvalue weighted by molar-refractivity contribution is -0.133. The van der Waals surface area contributed by atoms with Crippen LogP contribution < -0.4 is 14.2 Å². The minimum atomic E-state index is -0.426. The van der Waals surface area contributed by atoms with E-state index in [0.717, 1.165) is 16.2 Å². The van der Waals surface area contributed by atoms with Crippen molar-refractivity contribution in [3.63, 3.8) is 0 Å². The van der Waals surface area contributed by atoms with Crippen LogP contribution in [0.25, 0.3) is 0 Å². The highest BCUT2D eigenvalue weighted by Gasteiger charge is 2.36. The molecule has 9 nitrogen and oxygen atoms in total. The Balaban J connectivity index is 1.65. The molecule has 0 saturated carbocycles. The molecule has 0 saturated heterocycles. The van der Waals surface area contributed by atoms with Gasteiger partial charge in [0.1, 0.15) is 23.8 Å². The minimum Gasteiger partial charge on any atom is -0.497 e. The molecule has 1 aliphatic heterocycles. The van der Waals surface area contributed by atoms with Crippen LogP contribution in [0.1, 0.15) is 33.3 Å². The Bertz CT molecular complexity index is 1280. The molecule has 2 amide bonds. The van der Waals surface area contributed by atoms with Gasteiger partial charge in [0.05, 0.1) is 44.6 Å². The SMILES string of the molecule is COCCN(CC(=O)N1N=C(c2cccs2)CC1c1cc(OC)ccc1OC)C(=O)c1ccc(OC)cc1. The summed E-state index contributed by atoms with van der Waals surface area (Å²) in [6.45, 7) is 0.361. The normalized spacial score (nSPS) is 14.7. The molecule has 38 heavy (non-hydrogen) atoms. The molecule has 0 fully saturated rings. The summed E-state index contributed by atoms with van der Waals surface area (Å²) < 4.78 is 21.5.